The van der Waals surface area contributed by atoms with Crippen LogP contribution in [0.15, 0.2) is 6.20 Å². The van der Waals surface area contributed by atoms with Crippen LogP contribution in [0.25, 0.3) is 0 Å². The van der Waals surface area contributed by atoms with E-state index >= 15 is 0 Å². The van der Waals surface area contributed by atoms with Crippen molar-refractivity contribution in [3.63, 3.8) is 0 Å². The Balaban J connectivity index is 2.26. The van der Waals surface area contributed by atoms with Crippen molar-refractivity contribution in [1.82, 2.24) is 20.7 Å². The van der Waals surface area contributed by atoms with Crippen molar-refractivity contribution in [1.29, 1.82) is 0 Å². The molecule has 1 aliphatic rings. The molecule has 2 heterocycles. The average molecular weight is 252 g/mol. The molecule has 5 nitrogen and oxygen atoms in total. The van der Waals surface area contributed by atoms with Gasteiger partial charge in [0.2, 0.25) is 0 Å². The van der Waals surface area contributed by atoms with Crippen molar-refractivity contribution in [3.05, 3.63) is 11.9 Å². The number of hydrogen-bond donors (Lipinski definition) is 2. The number of rotatable bonds is 4. The van der Waals surface area contributed by atoms with Crippen LogP contribution in [0.1, 0.15) is 52.8 Å². The van der Waals surface area contributed by atoms with Gasteiger partial charge in [0.1, 0.15) is 0 Å². The van der Waals surface area contributed by atoms with Crippen LogP contribution in [0.2, 0.25) is 0 Å². The topological polar surface area (TPSA) is 62.8 Å². The fourth-order valence-corrected chi connectivity index (χ4v) is 3.16. The van der Waals surface area contributed by atoms with Crippen LogP contribution in [-0.2, 0) is 4.74 Å². The molecule has 0 spiro atoms. The van der Waals surface area contributed by atoms with Gasteiger partial charge < -0.3 is 10.1 Å². The summed E-state index contributed by atoms with van der Waals surface area (Å²) in [7, 11) is 0. The predicted molar refractivity (Wildman–Crippen MR) is 70.2 cm³/mol. The Bertz CT molecular complexity index is 386. The third-order valence-electron chi connectivity index (χ3n) is 3.72. The largest absolute Gasteiger partial charge is 0.369 e. The molecule has 5 heteroatoms. The Labute approximate surface area is 109 Å². The Hall–Kier alpha value is -0.940. The zero-order valence-corrected chi connectivity index (χ0v) is 11.9. The fourth-order valence-electron chi connectivity index (χ4n) is 3.16. The Kier molecular flexibility index (Phi) is 3.47. The van der Waals surface area contributed by atoms with Gasteiger partial charge in [0.25, 0.3) is 0 Å². The molecule has 0 radical (unpaired) electrons. The number of aromatic nitrogens is 3. The monoisotopic (exact) mass is 252 g/mol. The Morgan fingerprint density at radius 2 is 2.22 bits per heavy atom. The van der Waals surface area contributed by atoms with Gasteiger partial charge in [-0.3, -0.25) is 0 Å². The van der Waals surface area contributed by atoms with Crippen LogP contribution in [0, 0.1) is 5.92 Å². The minimum Gasteiger partial charge on any atom is -0.369 e. The molecule has 2 unspecified atom stereocenters. The lowest BCUT2D eigenvalue weighted by molar-refractivity contribution is -0.0779. The molecule has 0 aliphatic carbocycles. The van der Waals surface area contributed by atoms with Gasteiger partial charge in [-0.1, -0.05) is 6.92 Å². The average Bonchev–Trinajstić information content (AvgIpc) is 2.80. The van der Waals surface area contributed by atoms with Gasteiger partial charge in [0.05, 0.1) is 29.1 Å². The van der Waals surface area contributed by atoms with Gasteiger partial charge >= 0.3 is 0 Å². The summed E-state index contributed by atoms with van der Waals surface area (Å²) in [5, 5.41) is 14.4. The highest BCUT2D eigenvalue weighted by Gasteiger charge is 2.49. The molecule has 0 bridgehead atoms. The molecule has 1 fully saturated rings. The molecule has 1 aromatic rings. The molecule has 102 valence electrons. The number of H-pyrrole nitrogens is 1. The summed E-state index contributed by atoms with van der Waals surface area (Å²) in [6.45, 7) is 11.7. The first-order chi connectivity index (χ1) is 8.36. The summed E-state index contributed by atoms with van der Waals surface area (Å²) in [5.41, 5.74) is 0.733. The summed E-state index contributed by atoms with van der Waals surface area (Å²) in [6.07, 6.45) is 2.82. The maximum absolute atomic E-state index is 6.18. The molecule has 0 aromatic carbocycles. The van der Waals surface area contributed by atoms with E-state index in [1.165, 1.54) is 0 Å². The smallest absolute Gasteiger partial charge is 0.0997 e. The second-order valence-corrected chi connectivity index (χ2v) is 6.21. The number of ether oxygens (including phenoxy) is 1. The highest BCUT2D eigenvalue weighted by atomic mass is 16.5. The number of hydrogen-bond acceptors (Lipinski definition) is 4. The number of nitrogens with zero attached hydrogens (tertiary/aromatic N) is 2. The molecule has 2 rings (SSSR count). The molecule has 2 atom stereocenters. The third-order valence-corrected chi connectivity index (χ3v) is 3.72. The van der Waals surface area contributed by atoms with Crippen LogP contribution in [-0.4, -0.2) is 33.2 Å². The van der Waals surface area contributed by atoms with Gasteiger partial charge in [-0.2, -0.15) is 15.4 Å². The van der Waals surface area contributed by atoms with E-state index in [0.717, 1.165) is 18.7 Å². The van der Waals surface area contributed by atoms with Gasteiger partial charge in [-0.25, -0.2) is 0 Å². The first-order valence-electron chi connectivity index (χ1n) is 6.65. The van der Waals surface area contributed by atoms with Crippen molar-refractivity contribution in [3.8, 4) is 0 Å². The van der Waals surface area contributed by atoms with Crippen LogP contribution < -0.4 is 5.32 Å². The van der Waals surface area contributed by atoms with E-state index in [0.29, 0.717) is 5.92 Å². The summed E-state index contributed by atoms with van der Waals surface area (Å²) >= 11 is 0. The van der Waals surface area contributed by atoms with Crippen LogP contribution in [0.4, 0.5) is 0 Å². The van der Waals surface area contributed by atoms with Gasteiger partial charge in [-0.15, -0.1) is 0 Å². The molecule has 0 saturated carbocycles. The second kappa shape index (κ2) is 4.63. The molecule has 18 heavy (non-hydrogen) atoms. The standard InChI is InChI=1S/C13H24N4O/c1-6-14-11(10-8-15-17-16-10)9-7-12(2,3)18-13(9,4)5/h8-9,11,14H,6-7H2,1-5H3,(H,15,16,17). The van der Waals surface area contributed by atoms with Crippen LogP contribution >= 0.6 is 0 Å². The van der Waals surface area contributed by atoms with Gasteiger partial charge in [0, 0.05) is 5.92 Å². The first kappa shape index (κ1) is 13.5. The van der Waals surface area contributed by atoms with Gasteiger partial charge in [-0.05, 0) is 40.7 Å². The Morgan fingerprint density at radius 1 is 1.50 bits per heavy atom. The quantitative estimate of drug-likeness (QED) is 0.861. The van der Waals surface area contributed by atoms with E-state index in [2.05, 4.69) is 55.3 Å². The van der Waals surface area contributed by atoms with E-state index in [4.69, 9.17) is 4.74 Å². The third kappa shape index (κ3) is 2.57. The van der Waals surface area contributed by atoms with Crippen molar-refractivity contribution < 1.29 is 4.74 Å². The zero-order chi connectivity index (χ0) is 13.4. The highest BCUT2D eigenvalue weighted by molar-refractivity contribution is 5.09. The normalized spacial score (nSPS) is 27.3. The predicted octanol–water partition coefficient (Wildman–Crippen LogP) is 2.05. The fraction of sp³-hybridized carbons (Fsp3) is 0.846. The molecular weight excluding hydrogens is 228 g/mol. The maximum atomic E-state index is 6.18. The summed E-state index contributed by atoms with van der Waals surface area (Å²) in [4.78, 5) is 0. The first-order valence-corrected chi connectivity index (χ1v) is 6.65. The van der Waals surface area contributed by atoms with E-state index in [1.807, 2.05) is 0 Å². The lowest BCUT2D eigenvalue weighted by atomic mass is 9.80. The van der Waals surface area contributed by atoms with Crippen LogP contribution in [0.3, 0.4) is 0 Å². The lowest BCUT2D eigenvalue weighted by Crippen LogP contribution is -2.38. The van der Waals surface area contributed by atoms with E-state index < -0.39 is 0 Å². The van der Waals surface area contributed by atoms with Crippen molar-refractivity contribution in [2.45, 2.75) is 58.3 Å². The van der Waals surface area contributed by atoms with Crippen molar-refractivity contribution in [2.75, 3.05) is 6.54 Å². The molecule has 1 aliphatic heterocycles. The second-order valence-electron chi connectivity index (χ2n) is 6.21. The molecule has 1 saturated heterocycles. The molecular formula is C13H24N4O. The number of nitrogens with one attached hydrogen (secondary N) is 2. The zero-order valence-electron chi connectivity index (χ0n) is 11.9. The SMILES string of the molecule is CCNC(c1cn[nH]n1)C1CC(C)(C)OC1(C)C. The summed E-state index contributed by atoms with van der Waals surface area (Å²) < 4.78 is 6.18. The van der Waals surface area contributed by atoms with Gasteiger partial charge in [0.15, 0.2) is 0 Å². The molecule has 0 amide bonds. The lowest BCUT2D eigenvalue weighted by Gasteiger charge is -2.32. The minimum atomic E-state index is -0.157. The summed E-state index contributed by atoms with van der Waals surface area (Å²) in [5.74, 6) is 0.387. The minimum absolute atomic E-state index is 0.0778. The van der Waals surface area contributed by atoms with Crippen molar-refractivity contribution >= 4 is 0 Å². The molecule has 2 N–H and O–H groups in total. The molecule has 1 aromatic heterocycles. The van der Waals surface area contributed by atoms with E-state index in [-0.39, 0.29) is 17.2 Å². The van der Waals surface area contributed by atoms with E-state index in [9.17, 15) is 0 Å². The van der Waals surface area contributed by atoms with Crippen molar-refractivity contribution in [2.24, 2.45) is 5.92 Å². The number of aromatic amines is 1. The van der Waals surface area contributed by atoms with Crippen LogP contribution in [0.5, 0.6) is 0 Å². The highest BCUT2D eigenvalue weighted by Crippen LogP contribution is 2.47. The maximum Gasteiger partial charge on any atom is 0.0997 e. The van der Waals surface area contributed by atoms with E-state index in [1.54, 1.807) is 6.20 Å². The summed E-state index contributed by atoms with van der Waals surface area (Å²) in [6, 6.07) is 0.186. The Morgan fingerprint density at radius 3 is 2.67 bits per heavy atom.